The highest BCUT2D eigenvalue weighted by atomic mass is 19.3. The first-order valence-corrected chi connectivity index (χ1v) is 5.37. The molecule has 87 valence electrons. The summed E-state index contributed by atoms with van der Waals surface area (Å²) in [5, 5.41) is 0. The van der Waals surface area contributed by atoms with Crippen LogP contribution in [-0.4, -0.2) is 19.7 Å². The fourth-order valence-corrected chi connectivity index (χ4v) is 1.85. The number of rotatable bonds is 3. The van der Waals surface area contributed by atoms with Crippen LogP contribution in [-0.2, 0) is 0 Å². The van der Waals surface area contributed by atoms with Crippen LogP contribution in [0.3, 0.4) is 0 Å². The van der Waals surface area contributed by atoms with Gasteiger partial charge in [0, 0.05) is 18.8 Å². The van der Waals surface area contributed by atoms with Gasteiger partial charge in [0.25, 0.3) is 0 Å². The number of hydrogen-bond donors (Lipinski definition) is 0. The molecule has 0 aromatic heterocycles. The molecule has 1 fully saturated rings. The molecule has 0 unspecified atom stereocenters. The molecular weight excluding hydrogens is 212 g/mol. The monoisotopic (exact) mass is 226 g/mol. The second kappa shape index (κ2) is 5.14. The maximum atomic E-state index is 11.9. The Kier molecular flexibility index (Phi) is 3.59. The number of halogens is 2. The number of nitrogens with zero attached hydrogens (tertiary/aromatic N) is 1. The number of hydrogen-bond acceptors (Lipinski definition) is 2. The molecule has 0 amide bonds. The topological polar surface area (TPSA) is 12.5 Å². The number of piperidine rings is 1. The molecule has 0 bridgehead atoms. The summed E-state index contributed by atoms with van der Waals surface area (Å²) in [6, 6.07) is 6.81. The van der Waals surface area contributed by atoms with Crippen molar-refractivity contribution in [3.05, 3.63) is 30.7 Å². The van der Waals surface area contributed by atoms with Crippen molar-refractivity contribution in [2.75, 3.05) is 18.0 Å². The van der Waals surface area contributed by atoms with Crippen LogP contribution in [0.4, 0.5) is 14.5 Å². The maximum Gasteiger partial charge on any atom is 0.387 e. The second-order valence-corrected chi connectivity index (χ2v) is 3.73. The molecule has 1 heterocycles. The van der Waals surface area contributed by atoms with Crippen LogP contribution < -0.4 is 9.64 Å². The van der Waals surface area contributed by atoms with Crippen molar-refractivity contribution < 1.29 is 13.5 Å². The third kappa shape index (κ3) is 2.84. The van der Waals surface area contributed by atoms with Crippen molar-refractivity contribution in [1.29, 1.82) is 0 Å². The average Bonchev–Trinajstić information content (AvgIpc) is 2.30. The van der Waals surface area contributed by atoms with E-state index in [0.717, 1.165) is 31.6 Å². The Labute approximate surface area is 93.8 Å². The van der Waals surface area contributed by atoms with Gasteiger partial charge in [0.1, 0.15) is 5.75 Å². The van der Waals surface area contributed by atoms with E-state index in [1.165, 1.54) is 0 Å². The summed E-state index contributed by atoms with van der Waals surface area (Å²) in [5.74, 6) is 0.210. The molecule has 0 N–H and O–H groups in total. The molecule has 1 aliphatic heterocycles. The van der Waals surface area contributed by atoms with Crippen LogP contribution >= 0.6 is 0 Å². The number of anilines is 1. The van der Waals surface area contributed by atoms with Gasteiger partial charge in [-0.3, -0.25) is 0 Å². The molecule has 1 aromatic carbocycles. The predicted molar refractivity (Wildman–Crippen MR) is 58.8 cm³/mol. The summed E-state index contributed by atoms with van der Waals surface area (Å²) in [6.07, 6.45) is 4.43. The van der Waals surface area contributed by atoms with E-state index < -0.39 is 6.61 Å². The third-order valence-corrected chi connectivity index (χ3v) is 2.63. The lowest BCUT2D eigenvalue weighted by Crippen LogP contribution is -2.29. The van der Waals surface area contributed by atoms with E-state index in [2.05, 4.69) is 16.1 Å². The highest BCUT2D eigenvalue weighted by molar-refractivity contribution is 5.49. The van der Waals surface area contributed by atoms with Gasteiger partial charge in [-0.15, -0.1) is 0 Å². The quantitative estimate of drug-likeness (QED) is 0.785. The van der Waals surface area contributed by atoms with Gasteiger partial charge >= 0.3 is 6.61 Å². The molecule has 2 nitrogen and oxygen atoms in total. The van der Waals surface area contributed by atoms with Crippen LogP contribution in [0.25, 0.3) is 0 Å². The lowest BCUT2D eigenvalue weighted by Gasteiger charge is -2.28. The molecule has 16 heavy (non-hydrogen) atoms. The van der Waals surface area contributed by atoms with Crippen LogP contribution in [0.5, 0.6) is 5.75 Å². The van der Waals surface area contributed by atoms with Gasteiger partial charge in [-0.1, -0.05) is 0 Å². The molecule has 0 spiro atoms. The smallest absolute Gasteiger partial charge is 0.387 e. The largest absolute Gasteiger partial charge is 0.435 e. The Morgan fingerprint density at radius 2 is 1.69 bits per heavy atom. The van der Waals surface area contributed by atoms with Gasteiger partial charge in [-0.05, 0) is 43.5 Å². The van der Waals surface area contributed by atoms with Crippen molar-refractivity contribution in [2.24, 2.45) is 0 Å². The summed E-state index contributed by atoms with van der Waals surface area (Å²) >= 11 is 0. The van der Waals surface area contributed by atoms with Crippen molar-refractivity contribution in [1.82, 2.24) is 0 Å². The highest BCUT2D eigenvalue weighted by Crippen LogP contribution is 2.23. The first-order valence-electron chi connectivity index (χ1n) is 5.37. The van der Waals surface area contributed by atoms with E-state index in [1.54, 1.807) is 12.1 Å². The standard InChI is InChI=1S/C12H14F2NO/c13-12(14)16-11-6-4-10(5-7-11)15-8-2-1-3-9-15/h1,4-7,12H,2-3,8-9H2. The zero-order valence-corrected chi connectivity index (χ0v) is 8.90. The Bertz CT molecular complexity index is 320. The Morgan fingerprint density at radius 3 is 2.25 bits per heavy atom. The second-order valence-electron chi connectivity index (χ2n) is 3.73. The summed E-state index contributed by atoms with van der Waals surface area (Å²) < 4.78 is 28.2. The van der Waals surface area contributed by atoms with Crippen LogP contribution in [0.1, 0.15) is 12.8 Å². The van der Waals surface area contributed by atoms with E-state index in [9.17, 15) is 8.78 Å². The molecule has 4 heteroatoms. The Morgan fingerprint density at radius 1 is 1.06 bits per heavy atom. The first kappa shape index (κ1) is 11.2. The maximum absolute atomic E-state index is 11.9. The average molecular weight is 226 g/mol. The zero-order chi connectivity index (χ0) is 11.4. The van der Waals surface area contributed by atoms with E-state index in [4.69, 9.17) is 0 Å². The fraction of sp³-hybridized carbons (Fsp3) is 0.417. The minimum atomic E-state index is -2.75. The third-order valence-electron chi connectivity index (χ3n) is 2.63. The minimum absolute atomic E-state index is 0.210. The zero-order valence-electron chi connectivity index (χ0n) is 8.90. The molecule has 2 rings (SSSR count). The summed E-state index contributed by atoms with van der Waals surface area (Å²) in [6.45, 7) is -0.764. The summed E-state index contributed by atoms with van der Waals surface area (Å²) in [7, 11) is 0. The van der Waals surface area contributed by atoms with E-state index >= 15 is 0 Å². The van der Waals surface area contributed by atoms with Crippen LogP contribution in [0, 0.1) is 6.42 Å². The normalized spacial score (nSPS) is 16.6. The van der Waals surface area contributed by atoms with Crippen molar-refractivity contribution in [3.8, 4) is 5.75 Å². The SMILES string of the molecule is FC(F)Oc1ccc(N2CC[CH]CC2)cc1. The first-order chi connectivity index (χ1) is 7.75. The van der Waals surface area contributed by atoms with E-state index in [-0.39, 0.29) is 5.75 Å². The number of alkyl halides is 2. The summed E-state index contributed by atoms with van der Waals surface area (Å²) in [4.78, 5) is 2.24. The minimum Gasteiger partial charge on any atom is -0.435 e. The molecular formula is C12H14F2NO. The Hall–Kier alpha value is -1.32. The lowest BCUT2D eigenvalue weighted by molar-refractivity contribution is -0.0498. The van der Waals surface area contributed by atoms with E-state index in [1.807, 2.05) is 12.1 Å². The van der Waals surface area contributed by atoms with Crippen LogP contribution in [0.15, 0.2) is 24.3 Å². The molecule has 0 saturated carbocycles. The van der Waals surface area contributed by atoms with Gasteiger partial charge in [0.2, 0.25) is 0 Å². The summed E-state index contributed by atoms with van der Waals surface area (Å²) in [5.41, 5.74) is 1.06. The fourth-order valence-electron chi connectivity index (χ4n) is 1.85. The molecule has 1 aliphatic rings. The number of ether oxygens (including phenoxy) is 1. The van der Waals surface area contributed by atoms with E-state index in [0.29, 0.717) is 0 Å². The highest BCUT2D eigenvalue weighted by Gasteiger charge is 2.11. The molecule has 1 saturated heterocycles. The van der Waals surface area contributed by atoms with Crippen molar-refractivity contribution in [2.45, 2.75) is 19.5 Å². The van der Waals surface area contributed by atoms with Gasteiger partial charge in [-0.2, -0.15) is 8.78 Å². The molecule has 0 aliphatic carbocycles. The van der Waals surface area contributed by atoms with Crippen molar-refractivity contribution >= 4 is 5.69 Å². The molecule has 1 radical (unpaired) electrons. The van der Waals surface area contributed by atoms with Crippen molar-refractivity contribution in [3.63, 3.8) is 0 Å². The molecule has 0 atom stereocenters. The van der Waals surface area contributed by atoms with Crippen LogP contribution in [0.2, 0.25) is 0 Å². The van der Waals surface area contributed by atoms with Gasteiger partial charge in [-0.25, -0.2) is 0 Å². The van der Waals surface area contributed by atoms with Gasteiger partial charge < -0.3 is 9.64 Å². The predicted octanol–water partition coefficient (Wildman–Crippen LogP) is 3.09. The Balaban J connectivity index is 2.00. The van der Waals surface area contributed by atoms with Gasteiger partial charge in [0.15, 0.2) is 0 Å². The molecule has 1 aromatic rings. The number of benzene rings is 1. The lowest BCUT2D eigenvalue weighted by atomic mass is 10.1. The van der Waals surface area contributed by atoms with Gasteiger partial charge in [0.05, 0.1) is 0 Å².